The van der Waals surface area contributed by atoms with Gasteiger partial charge in [0, 0.05) is 44.4 Å². The van der Waals surface area contributed by atoms with Gasteiger partial charge in [-0.15, -0.1) is 0 Å². The minimum Gasteiger partial charge on any atom is -0.356 e. The molecule has 1 N–H and O–H groups in total. The third kappa shape index (κ3) is 6.41. The van der Waals surface area contributed by atoms with E-state index in [2.05, 4.69) is 22.4 Å². The van der Waals surface area contributed by atoms with E-state index < -0.39 is 0 Å². The van der Waals surface area contributed by atoms with Gasteiger partial charge in [-0.1, -0.05) is 30.3 Å². The predicted molar refractivity (Wildman–Crippen MR) is 114 cm³/mol. The number of carbonyl (C=O) groups excluding carboxylic acids is 2. The molecule has 1 saturated carbocycles. The highest BCUT2D eigenvalue weighted by atomic mass is 16.2. The van der Waals surface area contributed by atoms with Crippen molar-refractivity contribution in [2.24, 2.45) is 11.8 Å². The van der Waals surface area contributed by atoms with Crippen LogP contribution in [0.15, 0.2) is 54.9 Å². The summed E-state index contributed by atoms with van der Waals surface area (Å²) < 4.78 is 0. The Labute approximate surface area is 173 Å². The second-order valence-corrected chi connectivity index (χ2v) is 7.94. The van der Waals surface area contributed by atoms with Gasteiger partial charge in [0.1, 0.15) is 0 Å². The molecule has 5 heteroatoms. The maximum absolute atomic E-state index is 12.7. The van der Waals surface area contributed by atoms with Crippen LogP contribution < -0.4 is 5.32 Å². The molecule has 2 amide bonds. The summed E-state index contributed by atoms with van der Waals surface area (Å²) in [5, 5.41) is 3.07. The second kappa shape index (κ2) is 10.7. The first-order valence-corrected chi connectivity index (χ1v) is 10.6. The number of hydrogen-bond acceptors (Lipinski definition) is 3. The summed E-state index contributed by atoms with van der Waals surface area (Å²) in [6.07, 6.45) is 8.45. The standard InChI is InChI=1S/C24H31N3O2/c1-27(18-14-20-11-15-25-16-12-20)24(29)22-9-7-21(8-10-22)23(28)26-17-13-19-5-3-2-4-6-19/h2-6,11-12,15-16,21-22H,7-10,13-14,17-18H2,1H3,(H,26,28). The first kappa shape index (κ1) is 21.0. The number of likely N-dealkylation sites (N-methyl/N-ethyl adjacent to an activating group) is 1. The largest absolute Gasteiger partial charge is 0.356 e. The van der Waals surface area contributed by atoms with E-state index in [1.165, 1.54) is 11.1 Å². The van der Waals surface area contributed by atoms with E-state index in [1.54, 1.807) is 12.4 Å². The number of rotatable bonds is 8. The fraction of sp³-hybridized carbons (Fsp3) is 0.458. The Morgan fingerprint density at radius 2 is 1.55 bits per heavy atom. The first-order valence-electron chi connectivity index (χ1n) is 10.6. The maximum Gasteiger partial charge on any atom is 0.225 e. The molecule has 1 aliphatic rings. The van der Waals surface area contributed by atoms with E-state index in [0.29, 0.717) is 13.1 Å². The van der Waals surface area contributed by atoms with E-state index in [1.807, 2.05) is 42.3 Å². The van der Waals surface area contributed by atoms with Gasteiger partial charge >= 0.3 is 0 Å². The molecule has 2 aromatic rings. The van der Waals surface area contributed by atoms with Gasteiger partial charge in [-0.05, 0) is 61.8 Å². The lowest BCUT2D eigenvalue weighted by Gasteiger charge is -2.30. The van der Waals surface area contributed by atoms with E-state index in [4.69, 9.17) is 0 Å². The molecule has 0 aliphatic heterocycles. The molecule has 1 aromatic heterocycles. The number of aromatic nitrogens is 1. The van der Waals surface area contributed by atoms with Crippen molar-refractivity contribution in [1.82, 2.24) is 15.2 Å². The number of carbonyl (C=O) groups is 2. The van der Waals surface area contributed by atoms with Gasteiger partial charge < -0.3 is 10.2 Å². The molecular weight excluding hydrogens is 362 g/mol. The van der Waals surface area contributed by atoms with Crippen LogP contribution in [0.4, 0.5) is 0 Å². The first-order chi connectivity index (χ1) is 14.1. The van der Waals surface area contributed by atoms with Crippen molar-refractivity contribution in [2.75, 3.05) is 20.1 Å². The van der Waals surface area contributed by atoms with Crippen molar-refractivity contribution in [3.05, 3.63) is 66.0 Å². The van der Waals surface area contributed by atoms with Crippen LogP contribution >= 0.6 is 0 Å². The Bertz CT molecular complexity index is 771. The number of nitrogens with one attached hydrogen (secondary N) is 1. The summed E-state index contributed by atoms with van der Waals surface area (Å²) in [4.78, 5) is 31.0. The third-order valence-electron chi connectivity index (χ3n) is 5.86. The van der Waals surface area contributed by atoms with Crippen molar-refractivity contribution >= 4 is 11.8 Å². The molecule has 0 unspecified atom stereocenters. The molecule has 154 valence electrons. The molecule has 5 nitrogen and oxygen atoms in total. The Morgan fingerprint density at radius 3 is 2.24 bits per heavy atom. The molecule has 0 radical (unpaired) electrons. The molecule has 1 heterocycles. The van der Waals surface area contributed by atoms with Gasteiger partial charge in [-0.2, -0.15) is 0 Å². The molecule has 1 aliphatic carbocycles. The Balaban J connectivity index is 1.36. The minimum atomic E-state index is 0.0388. The fourth-order valence-electron chi connectivity index (χ4n) is 3.99. The minimum absolute atomic E-state index is 0.0388. The monoisotopic (exact) mass is 393 g/mol. The SMILES string of the molecule is CN(CCc1ccncc1)C(=O)C1CCC(C(=O)NCCc2ccccc2)CC1. The number of nitrogens with zero attached hydrogens (tertiary/aromatic N) is 2. The summed E-state index contributed by atoms with van der Waals surface area (Å²) in [6, 6.07) is 14.2. The highest BCUT2D eigenvalue weighted by Gasteiger charge is 2.31. The summed E-state index contributed by atoms with van der Waals surface area (Å²) in [5.41, 5.74) is 2.42. The van der Waals surface area contributed by atoms with Crippen LogP contribution in [0.5, 0.6) is 0 Å². The zero-order chi connectivity index (χ0) is 20.5. The molecule has 0 bridgehead atoms. The molecule has 29 heavy (non-hydrogen) atoms. The molecule has 0 atom stereocenters. The predicted octanol–water partition coefficient (Wildman–Crippen LogP) is 3.25. The quantitative estimate of drug-likeness (QED) is 0.749. The van der Waals surface area contributed by atoms with Gasteiger partial charge in [0.05, 0.1) is 0 Å². The van der Waals surface area contributed by atoms with Gasteiger partial charge in [0.25, 0.3) is 0 Å². The fourth-order valence-corrected chi connectivity index (χ4v) is 3.99. The van der Waals surface area contributed by atoms with Crippen LogP contribution in [0.2, 0.25) is 0 Å². The lowest BCUT2D eigenvalue weighted by atomic mass is 9.81. The topological polar surface area (TPSA) is 62.3 Å². The van der Waals surface area contributed by atoms with Crippen molar-refractivity contribution in [2.45, 2.75) is 38.5 Å². The van der Waals surface area contributed by atoms with E-state index in [9.17, 15) is 9.59 Å². The average Bonchev–Trinajstić information content (AvgIpc) is 2.78. The van der Waals surface area contributed by atoms with Crippen molar-refractivity contribution < 1.29 is 9.59 Å². The molecule has 1 aromatic carbocycles. The zero-order valence-corrected chi connectivity index (χ0v) is 17.2. The van der Waals surface area contributed by atoms with E-state index in [0.717, 1.165) is 38.5 Å². The van der Waals surface area contributed by atoms with E-state index >= 15 is 0 Å². The van der Waals surface area contributed by atoms with Crippen LogP contribution in [0.3, 0.4) is 0 Å². The van der Waals surface area contributed by atoms with Gasteiger partial charge in [-0.3, -0.25) is 14.6 Å². The highest BCUT2D eigenvalue weighted by Crippen LogP contribution is 2.30. The average molecular weight is 394 g/mol. The van der Waals surface area contributed by atoms with Crippen molar-refractivity contribution in [3.8, 4) is 0 Å². The van der Waals surface area contributed by atoms with Crippen LogP contribution in [0.25, 0.3) is 0 Å². The Hall–Kier alpha value is -2.69. The summed E-state index contributed by atoms with van der Waals surface area (Å²) in [7, 11) is 1.88. The summed E-state index contributed by atoms with van der Waals surface area (Å²) >= 11 is 0. The lowest BCUT2D eigenvalue weighted by Crippen LogP contribution is -2.39. The van der Waals surface area contributed by atoms with Crippen LogP contribution in [0.1, 0.15) is 36.8 Å². The highest BCUT2D eigenvalue weighted by molar-refractivity contribution is 5.81. The van der Waals surface area contributed by atoms with Crippen LogP contribution in [-0.4, -0.2) is 41.8 Å². The van der Waals surface area contributed by atoms with Crippen molar-refractivity contribution in [3.63, 3.8) is 0 Å². The lowest BCUT2D eigenvalue weighted by molar-refractivity contribution is -0.137. The molecule has 1 fully saturated rings. The van der Waals surface area contributed by atoms with Gasteiger partial charge in [-0.25, -0.2) is 0 Å². The summed E-state index contributed by atoms with van der Waals surface area (Å²) in [6.45, 7) is 1.38. The third-order valence-corrected chi connectivity index (χ3v) is 5.86. The number of pyridine rings is 1. The molecule has 3 rings (SSSR count). The van der Waals surface area contributed by atoms with Crippen LogP contribution in [-0.2, 0) is 22.4 Å². The summed E-state index contributed by atoms with van der Waals surface area (Å²) in [5.74, 6) is 0.433. The number of amides is 2. The zero-order valence-electron chi connectivity index (χ0n) is 17.2. The van der Waals surface area contributed by atoms with Crippen LogP contribution in [0, 0.1) is 11.8 Å². The Morgan fingerprint density at radius 1 is 0.931 bits per heavy atom. The maximum atomic E-state index is 12.7. The van der Waals surface area contributed by atoms with E-state index in [-0.39, 0.29) is 23.7 Å². The van der Waals surface area contributed by atoms with Gasteiger partial charge in [0.2, 0.25) is 11.8 Å². The van der Waals surface area contributed by atoms with Crippen molar-refractivity contribution in [1.29, 1.82) is 0 Å². The second-order valence-electron chi connectivity index (χ2n) is 7.94. The van der Waals surface area contributed by atoms with Gasteiger partial charge in [0.15, 0.2) is 0 Å². The molecule has 0 spiro atoms. The molecule has 0 saturated heterocycles. The molecular formula is C24H31N3O2. The smallest absolute Gasteiger partial charge is 0.225 e. The normalized spacial score (nSPS) is 18.8. The Kier molecular flexibility index (Phi) is 7.79. The number of hydrogen-bond donors (Lipinski definition) is 1. The number of benzene rings is 1.